The van der Waals surface area contributed by atoms with E-state index in [0.29, 0.717) is 33.2 Å². The molecule has 0 unspecified atom stereocenters. The summed E-state index contributed by atoms with van der Waals surface area (Å²) in [5.41, 5.74) is 3.90. The van der Waals surface area contributed by atoms with E-state index in [1.807, 2.05) is 22.7 Å². The second-order valence-corrected chi connectivity index (χ2v) is 26.9. The first-order valence-electron chi connectivity index (χ1n) is 12.0. The molecule has 0 bridgehead atoms. The molecule has 0 saturated heterocycles. The number of hydrogen-bond donors (Lipinski definition) is 0. The van der Waals surface area contributed by atoms with Gasteiger partial charge in [-0.2, -0.15) is 0 Å². The van der Waals surface area contributed by atoms with Gasteiger partial charge in [0.25, 0.3) is 0 Å². The molecule has 2 aromatic heterocycles. The normalized spacial score (nSPS) is 13.8. The van der Waals surface area contributed by atoms with Crippen molar-refractivity contribution in [3.63, 3.8) is 0 Å². The Morgan fingerprint density at radius 1 is 0.500 bits per heavy atom. The molecule has 8 heteroatoms. The molecular weight excluding hydrogens is 596 g/mol. The van der Waals surface area contributed by atoms with E-state index in [2.05, 4.69) is 115 Å². The first kappa shape index (κ1) is 28.9. The van der Waals surface area contributed by atoms with Gasteiger partial charge < -0.3 is 0 Å². The van der Waals surface area contributed by atoms with E-state index < -0.39 is 16.1 Å². The van der Waals surface area contributed by atoms with Crippen molar-refractivity contribution in [2.45, 2.75) is 116 Å². The molecule has 0 aromatic carbocycles. The van der Waals surface area contributed by atoms with Crippen LogP contribution in [0.25, 0.3) is 9.75 Å². The molecule has 182 valence electrons. The van der Waals surface area contributed by atoms with Crippen LogP contribution in [0.2, 0.25) is 33.2 Å². The standard InChI is InChI=1S/C24H42Br2N2S2Si2/c1-13(2)31(14(3)4,15(5)6)23-27-21(25)19(29-23)20-22(26)28-24(30-20)32(16(7)8,17(9)10)18(11)12/h13-18H,1-12H3. The van der Waals surface area contributed by atoms with Crippen LogP contribution in [0.4, 0.5) is 0 Å². The van der Waals surface area contributed by atoms with E-state index in [1.54, 1.807) is 0 Å². The monoisotopic (exact) mass is 636 g/mol. The van der Waals surface area contributed by atoms with Crippen molar-refractivity contribution in [1.29, 1.82) is 0 Å². The summed E-state index contributed by atoms with van der Waals surface area (Å²) < 4.78 is 4.78. The largest absolute Gasteiger partial charge is 0.239 e. The molecule has 0 amide bonds. The maximum atomic E-state index is 5.21. The predicted molar refractivity (Wildman–Crippen MR) is 160 cm³/mol. The van der Waals surface area contributed by atoms with E-state index in [-0.39, 0.29) is 0 Å². The molecule has 0 atom stereocenters. The van der Waals surface area contributed by atoms with E-state index in [9.17, 15) is 0 Å². The van der Waals surface area contributed by atoms with Crippen LogP contribution < -0.4 is 9.26 Å². The summed E-state index contributed by atoms with van der Waals surface area (Å²) in [4.78, 5) is 12.9. The molecule has 0 aliphatic rings. The minimum atomic E-state index is -1.79. The van der Waals surface area contributed by atoms with Crippen molar-refractivity contribution in [3.05, 3.63) is 9.21 Å². The van der Waals surface area contributed by atoms with Crippen LogP contribution in [0.3, 0.4) is 0 Å². The molecule has 0 fully saturated rings. The highest BCUT2D eigenvalue weighted by atomic mass is 79.9. The first-order valence-corrected chi connectivity index (χ1v) is 19.7. The van der Waals surface area contributed by atoms with Gasteiger partial charge in [-0.15, -0.1) is 22.7 Å². The Labute approximate surface area is 223 Å². The first-order chi connectivity index (χ1) is 14.7. The van der Waals surface area contributed by atoms with Gasteiger partial charge in [-0.3, -0.25) is 0 Å². The highest BCUT2D eigenvalue weighted by Gasteiger charge is 2.49. The molecule has 0 spiro atoms. The van der Waals surface area contributed by atoms with Gasteiger partial charge in [-0.05, 0) is 65.1 Å². The number of rotatable bonds is 9. The average molecular weight is 639 g/mol. The van der Waals surface area contributed by atoms with Gasteiger partial charge in [-0.25, -0.2) is 9.97 Å². The minimum Gasteiger partial charge on any atom is -0.239 e. The molecule has 0 N–H and O–H groups in total. The summed E-state index contributed by atoms with van der Waals surface area (Å²) >= 11 is 11.6. The fourth-order valence-corrected chi connectivity index (χ4v) is 28.2. The lowest BCUT2D eigenvalue weighted by atomic mass is 10.5. The molecule has 2 heterocycles. The maximum absolute atomic E-state index is 5.21. The van der Waals surface area contributed by atoms with E-state index >= 15 is 0 Å². The molecule has 32 heavy (non-hydrogen) atoms. The number of thiazole rings is 2. The lowest BCUT2D eigenvalue weighted by molar-refractivity contribution is 0.833. The van der Waals surface area contributed by atoms with E-state index in [4.69, 9.17) is 9.97 Å². The summed E-state index contributed by atoms with van der Waals surface area (Å²) in [6.07, 6.45) is 0. The molecule has 2 nitrogen and oxygen atoms in total. The Morgan fingerprint density at radius 3 is 0.906 bits per heavy atom. The average Bonchev–Trinajstić information content (AvgIpc) is 3.17. The summed E-state index contributed by atoms with van der Waals surface area (Å²) in [7, 11) is -3.59. The van der Waals surface area contributed by atoms with Crippen LogP contribution >= 0.6 is 54.5 Å². The third kappa shape index (κ3) is 4.59. The Hall–Kier alpha value is 0.654. The van der Waals surface area contributed by atoms with Crippen molar-refractivity contribution in [2.24, 2.45) is 0 Å². The van der Waals surface area contributed by atoms with Gasteiger partial charge in [-0.1, -0.05) is 83.1 Å². The van der Waals surface area contributed by atoms with Gasteiger partial charge in [0.15, 0.2) is 0 Å². The molecule has 2 rings (SSSR count). The van der Waals surface area contributed by atoms with Crippen LogP contribution in [0.1, 0.15) is 83.1 Å². The number of hydrogen-bond acceptors (Lipinski definition) is 4. The van der Waals surface area contributed by atoms with Gasteiger partial charge >= 0.3 is 0 Å². The SMILES string of the molecule is CC(C)[Si](c1nc(Br)c(-c2sc([Si](C(C)C)(C(C)C)C(C)C)nc2Br)s1)(C(C)C)C(C)C. The van der Waals surface area contributed by atoms with Crippen molar-refractivity contribution >= 4 is 79.9 Å². The summed E-state index contributed by atoms with van der Waals surface area (Å²) in [5, 5.41) is 0. The zero-order valence-electron chi connectivity index (χ0n) is 21.9. The van der Waals surface area contributed by atoms with Crippen LogP contribution in [-0.2, 0) is 0 Å². The van der Waals surface area contributed by atoms with E-state index in [0.717, 1.165) is 9.21 Å². The highest BCUT2D eigenvalue weighted by Crippen LogP contribution is 2.47. The quantitative estimate of drug-likeness (QED) is 0.256. The Bertz CT molecular complexity index is 799. The zero-order valence-corrected chi connectivity index (χ0v) is 28.7. The fourth-order valence-electron chi connectivity index (χ4n) is 6.74. The molecule has 0 radical (unpaired) electrons. The van der Waals surface area contributed by atoms with Crippen molar-refractivity contribution in [3.8, 4) is 9.75 Å². The second-order valence-electron chi connectivity index (χ2n) is 11.1. The number of nitrogens with zero attached hydrogens (tertiary/aromatic N) is 2. The van der Waals surface area contributed by atoms with Gasteiger partial charge in [0.1, 0.15) is 25.4 Å². The smallest absolute Gasteiger partial charge is 0.131 e. The third-order valence-corrected chi connectivity index (χ3v) is 27.3. The lowest BCUT2D eigenvalue weighted by Gasteiger charge is -2.41. The number of aromatic nitrogens is 2. The molecule has 0 aliphatic heterocycles. The fraction of sp³-hybridized carbons (Fsp3) is 0.750. The summed E-state index contributed by atoms with van der Waals surface area (Å²) in [6, 6.07) is 0. The molecular formula is C24H42Br2N2S2Si2. The summed E-state index contributed by atoms with van der Waals surface area (Å²) in [6.45, 7) is 28.9. The Morgan fingerprint density at radius 2 is 0.719 bits per heavy atom. The van der Waals surface area contributed by atoms with Crippen LogP contribution in [0.15, 0.2) is 9.21 Å². The van der Waals surface area contributed by atoms with Crippen molar-refractivity contribution in [2.75, 3.05) is 0 Å². The number of halogens is 2. The van der Waals surface area contributed by atoms with Crippen LogP contribution in [0.5, 0.6) is 0 Å². The lowest BCUT2D eigenvalue weighted by Crippen LogP contribution is -2.55. The Balaban J connectivity index is 2.73. The molecule has 0 saturated carbocycles. The van der Waals surface area contributed by atoms with Crippen molar-refractivity contribution < 1.29 is 0 Å². The van der Waals surface area contributed by atoms with Gasteiger partial charge in [0.2, 0.25) is 0 Å². The van der Waals surface area contributed by atoms with Crippen LogP contribution in [0, 0.1) is 0 Å². The zero-order chi connectivity index (χ0) is 24.8. The second kappa shape index (κ2) is 10.7. The topological polar surface area (TPSA) is 25.8 Å². The molecule has 0 aliphatic carbocycles. The summed E-state index contributed by atoms with van der Waals surface area (Å²) in [5.74, 6) is 0. The highest BCUT2D eigenvalue weighted by molar-refractivity contribution is 9.11. The third-order valence-electron chi connectivity index (χ3n) is 7.85. The van der Waals surface area contributed by atoms with Crippen LogP contribution in [-0.4, -0.2) is 26.1 Å². The Kier molecular flexibility index (Phi) is 9.69. The maximum Gasteiger partial charge on any atom is 0.131 e. The van der Waals surface area contributed by atoms with Gasteiger partial charge in [0, 0.05) is 0 Å². The van der Waals surface area contributed by atoms with Gasteiger partial charge in [0.05, 0.1) is 19.0 Å². The molecule has 2 aromatic rings. The van der Waals surface area contributed by atoms with E-state index in [1.165, 1.54) is 19.0 Å². The van der Waals surface area contributed by atoms with Crippen molar-refractivity contribution in [1.82, 2.24) is 9.97 Å². The predicted octanol–water partition coefficient (Wildman–Crippen LogP) is 9.56. The minimum absolute atomic E-state index is 0.650.